The molecule has 1 unspecified atom stereocenters. The van der Waals surface area contributed by atoms with E-state index in [1.165, 1.54) is 5.56 Å². The highest BCUT2D eigenvalue weighted by atomic mass is 16.5. The maximum absolute atomic E-state index is 12.5. The molecular weight excluding hydrogens is 288 g/mol. The molecule has 1 amide bonds. The lowest BCUT2D eigenvalue weighted by Crippen LogP contribution is -2.42. The molecule has 1 fully saturated rings. The first kappa shape index (κ1) is 18.0. The van der Waals surface area contributed by atoms with Crippen molar-refractivity contribution in [1.82, 2.24) is 10.2 Å². The Morgan fingerprint density at radius 3 is 2.61 bits per heavy atom. The number of amides is 1. The second-order valence-corrected chi connectivity index (χ2v) is 6.76. The summed E-state index contributed by atoms with van der Waals surface area (Å²) >= 11 is 0. The van der Waals surface area contributed by atoms with E-state index < -0.39 is 0 Å². The van der Waals surface area contributed by atoms with Gasteiger partial charge in [-0.1, -0.05) is 38.1 Å². The molecular formula is C19H30N2O2. The van der Waals surface area contributed by atoms with Crippen LogP contribution >= 0.6 is 0 Å². The van der Waals surface area contributed by atoms with Crippen LogP contribution in [0.15, 0.2) is 24.3 Å². The van der Waals surface area contributed by atoms with E-state index in [0.717, 1.165) is 44.8 Å². The minimum atomic E-state index is -0.102. The summed E-state index contributed by atoms with van der Waals surface area (Å²) in [6.45, 7) is 11.5. The monoisotopic (exact) mass is 318 g/mol. The van der Waals surface area contributed by atoms with E-state index in [0.29, 0.717) is 12.5 Å². The van der Waals surface area contributed by atoms with E-state index >= 15 is 0 Å². The van der Waals surface area contributed by atoms with Crippen LogP contribution < -0.4 is 5.32 Å². The highest BCUT2D eigenvalue weighted by molar-refractivity contribution is 5.83. The molecule has 1 aromatic rings. The molecule has 0 aromatic heterocycles. The average molecular weight is 318 g/mol. The van der Waals surface area contributed by atoms with Gasteiger partial charge in [0.05, 0.1) is 19.1 Å². The predicted molar refractivity (Wildman–Crippen MR) is 93.7 cm³/mol. The Labute approximate surface area is 140 Å². The van der Waals surface area contributed by atoms with E-state index in [1.54, 1.807) is 0 Å². The van der Waals surface area contributed by atoms with Crippen molar-refractivity contribution < 1.29 is 9.53 Å². The molecule has 1 atom stereocenters. The molecule has 4 heteroatoms. The van der Waals surface area contributed by atoms with E-state index in [4.69, 9.17) is 4.74 Å². The standard InChI is InChI=1S/C19H30N2O2/c1-15(2)14-17-6-4-5-7-18(17)16(3)19(22)20-8-9-21-10-12-23-13-11-21/h4-7,15-16H,8-14H2,1-3H3,(H,20,22). The summed E-state index contributed by atoms with van der Waals surface area (Å²) < 4.78 is 5.34. The molecule has 2 rings (SSSR count). The van der Waals surface area contributed by atoms with Crippen LogP contribution in [0.3, 0.4) is 0 Å². The van der Waals surface area contributed by atoms with Crippen LogP contribution in [0.1, 0.15) is 37.8 Å². The zero-order valence-electron chi connectivity index (χ0n) is 14.7. The second-order valence-electron chi connectivity index (χ2n) is 6.76. The number of hydrogen-bond acceptors (Lipinski definition) is 3. The van der Waals surface area contributed by atoms with E-state index in [1.807, 2.05) is 13.0 Å². The van der Waals surface area contributed by atoms with Crippen molar-refractivity contribution in [3.8, 4) is 0 Å². The maximum Gasteiger partial charge on any atom is 0.227 e. The van der Waals surface area contributed by atoms with Crippen LogP contribution in [0.5, 0.6) is 0 Å². The molecule has 0 aliphatic carbocycles. The molecule has 1 aromatic carbocycles. The van der Waals surface area contributed by atoms with Gasteiger partial charge in [0.2, 0.25) is 5.91 Å². The van der Waals surface area contributed by atoms with Gasteiger partial charge in [0, 0.05) is 26.2 Å². The Morgan fingerprint density at radius 1 is 1.22 bits per heavy atom. The lowest BCUT2D eigenvalue weighted by molar-refractivity contribution is -0.122. The van der Waals surface area contributed by atoms with E-state index in [2.05, 4.69) is 42.3 Å². The largest absolute Gasteiger partial charge is 0.379 e. The lowest BCUT2D eigenvalue weighted by Gasteiger charge is -2.26. The number of rotatable bonds is 7. The Balaban J connectivity index is 1.86. The zero-order valence-corrected chi connectivity index (χ0v) is 14.7. The van der Waals surface area contributed by atoms with Gasteiger partial charge in [0.1, 0.15) is 0 Å². The second kappa shape index (κ2) is 9.04. The number of ether oxygens (including phenoxy) is 1. The number of morpholine rings is 1. The van der Waals surface area contributed by atoms with Gasteiger partial charge in [-0.05, 0) is 30.4 Å². The summed E-state index contributed by atoms with van der Waals surface area (Å²) in [6, 6.07) is 8.32. The predicted octanol–water partition coefficient (Wildman–Crippen LogP) is 2.44. The van der Waals surface area contributed by atoms with Crippen LogP contribution in [-0.2, 0) is 16.0 Å². The number of carbonyl (C=O) groups is 1. The first-order valence-electron chi connectivity index (χ1n) is 8.73. The third-order valence-electron chi connectivity index (χ3n) is 4.37. The quantitative estimate of drug-likeness (QED) is 0.839. The summed E-state index contributed by atoms with van der Waals surface area (Å²) in [4.78, 5) is 14.8. The highest BCUT2D eigenvalue weighted by Crippen LogP contribution is 2.22. The minimum absolute atomic E-state index is 0.102. The molecule has 1 aliphatic heterocycles. The van der Waals surface area contributed by atoms with Crippen molar-refractivity contribution in [2.24, 2.45) is 5.92 Å². The van der Waals surface area contributed by atoms with Gasteiger partial charge in [-0.2, -0.15) is 0 Å². The topological polar surface area (TPSA) is 41.6 Å². The number of nitrogens with one attached hydrogen (secondary N) is 1. The fraction of sp³-hybridized carbons (Fsp3) is 0.632. The van der Waals surface area contributed by atoms with Crippen molar-refractivity contribution in [2.45, 2.75) is 33.1 Å². The van der Waals surface area contributed by atoms with Gasteiger partial charge < -0.3 is 10.1 Å². The Morgan fingerprint density at radius 2 is 1.91 bits per heavy atom. The van der Waals surface area contributed by atoms with Gasteiger partial charge in [-0.3, -0.25) is 9.69 Å². The van der Waals surface area contributed by atoms with Gasteiger partial charge >= 0.3 is 0 Å². The molecule has 1 N–H and O–H groups in total. The van der Waals surface area contributed by atoms with E-state index in [-0.39, 0.29) is 11.8 Å². The summed E-state index contributed by atoms with van der Waals surface area (Å²) in [5.41, 5.74) is 2.45. The van der Waals surface area contributed by atoms with Crippen molar-refractivity contribution in [3.05, 3.63) is 35.4 Å². The molecule has 0 radical (unpaired) electrons. The molecule has 4 nitrogen and oxygen atoms in total. The van der Waals surface area contributed by atoms with Gasteiger partial charge in [-0.25, -0.2) is 0 Å². The molecule has 0 bridgehead atoms. The number of hydrogen-bond donors (Lipinski definition) is 1. The average Bonchev–Trinajstić information content (AvgIpc) is 2.55. The molecule has 0 spiro atoms. The summed E-state index contributed by atoms with van der Waals surface area (Å²) in [5, 5.41) is 3.09. The highest BCUT2D eigenvalue weighted by Gasteiger charge is 2.18. The normalized spacial score (nSPS) is 17.2. The summed E-state index contributed by atoms with van der Waals surface area (Å²) in [6.07, 6.45) is 1.02. The van der Waals surface area contributed by atoms with Crippen molar-refractivity contribution in [3.63, 3.8) is 0 Å². The number of carbonyl (C=O) groups excluding carboxylic acids is 1. The van der Waals surface area contributed by atoms with E-state index in [9.17, 15) is 4.79 Å². The molecule has 1 heterocycles. The molecule has 1 saturated heterocycles. The van der Waals surface area contributed by atoms with Crippen LogP contribution in [0.25, 0.3) is 0 Å². The van der Waals surface area contributed by atoms with Crippen molar-refractivity contribution >= 4 is 5.91 Å². The molecule has 128 valence electrons. The van der Waals surface area contributed by atoms with Crippen molar-refractivity contribution in [2.75, 3.05) is 39.4 Å². The lowest BCUT2D eigenvalue weighted by atomic mass is 9.90. The smallest absolute Gasteiger partial charge is 0.227 e. The van der Waals surface area contributed by atoms with Gasteiger partial charge in [0.25, 0.3) is 0 Å². The number of nitrogens with zero attached hydrogens (tertiary/aromatic N) is 1. The summed E-state index contributed by atoms with van der Waals surface area (Å²) in [7, 11) is 0. The number of benzene rings is 1. The summed E-state index contributed by atoms with van der Waals surface area (Å²) in [5.74, 6) is 0.608. The van der Waals surface area contributed by atoms with Crippen LogP contribution in [0.2, 0.25) is 0 Å². The molecule has 0 saturated carbocycles. The fourth-order valence-electron chi connectivity index (χ4n) is 3.04. The third-order valence-corrected chi connectivity index (χ3v) is 4.37. The maximum atomic E-state index is 12.5. The van der Waals surface area contributed by atoms with Crippen molar-refractivity contribution in [1.29, 1.82) is 0 Å². The SMILES string of the molecule is CC(C)Cc1ccccc1C(C)C(=O)NCCN1CCOCC1. The Kier molecular flexibility index (Phi) is 7.06. The molecule has 23 heavy (non-hydrogen) atoms. The fourth-order valence-corrected chi connectivity index (χ4v) is 3.04. The van der Waals surface area contributed by atoms with Crippen LogP contribution in [0, 0.1) is 5.92 Å². The minimum Gasteiger partial charge on any atom is -0.379 e. The van der Waals surface area contributed by atoms with Gasteiger partial charge in [-0.15, -0.1) is 0 Å². The zero-order chi connectivity index (χ0) is 16.7. The molecule has 1 aliphatic rings. The third kappa shape index (κ3) is 5.63. The first-order valence-corrected chi connectivity index (χ1v) is 8.73. The Bertz CT molecular complexity index is 496. The van der Waals surface area contributed by atoms with Crippen LogP contribution in [-0.4, -0.2) is 50.2 Å². The van der Waals surface area contributed by atoms with Gasteiger partial charge in [0.15, 0.2) is 0 Å². The Hall–Kier alpha value is -1.39. The first-order chi connectivity index (χ1) is 11.1. The van der Waals surface area contributed by atoms with Crippen LogP contribution in [0.4, 0.5) is 0 Å².